The van der Waals surface area contributed by atoms with Gasteiger partial charge in [0.05, 0.1) is 30.9 Å². The Balaban J connectivity index is 2.50. The van der Waals surface area contributed by atoms with Crippen LogP contribution in [0.25, 0.3) is 10.8 Å². The number of rotatable bonds is 6. The number of nitrogens with zero attached hydrogens (tertiary/aromatic N) is 2. The fraction of sp³-hybridized carbons (Fsp3) is 0.375. The molecule has 1 N–H and O–H groups in total. The standard InChI is InChI=1S/C16H22N3O2/c1-4-17-11-12-19(2,3)16-10-9-15(18(20)21)13-7-5-6-8-14(13)16/h5-10,17H,4,11-12H2,1-3H3/q+1. The van der Waals surface area contributed by atoms with Crippen LogP contribution in [0.2, 0.25) is 0 Å². The molecule has 0 saturated heterocycles. The number of fused-ring (bicyclic) bond motifs is 1. The zero-order valence-corrected chi connectivity index (χ0v) is 12.8. The highest BCUT2D eigenvalue weighted by atomic mass is 16.6. The predicted octanol–water partition coefficient (Wildman–Crippen LogP) is 2.92. The molecule has 0 fully saturated rings. The quantitative estimate of drug-likeness (QED) is 0.385. The fourth-order valence-corrected chi connectivity index (χ4v) is 2.61. The number of quaternary nitrogens is 1. The first-order valence-corrected chi connectivity index (χ1v) is 7.18. The predicted molar refractivity (Wildman–Crippen MR) is 87.7 cm³/mol. The van der Waals surface area contributed by atoms with Crippen molar-refractivity contribution in [2.24, 2.45) is 0 Å². The number of likely N-dealkylation sites (N-methyl/N-ethyl adjacent to an activating group) is 2. The van der Waals surface area contributed by atoms with Gasteiger partial charge < -0.3 is 5.32 Å². The van der Waals surface area contributed by atoms with E-state index in [1.54, 1.807) is 6.07 Å². The van der Waals surface area contributed by atoms with Gasteiger partial charge in [-0.25, -0.2) is 0 Å². The molecule has 2 aromatic rings. The monoisotopic (exact) mass is 288 g/mol. The van der Waals surface area contributed by atoms with Crippen LogP contribution in [-0.4, -0.2) is 38.7 Å². The summed E-state index contributed by atoms with van der Waals surface area (Å²) >= 11 is 0. The van der Waals surface area contributed by atoms with Crippen LogP contribution in [0.15, 0.2) is 36.4 Å². The maximum Gasteiger partial charge on any atom is 0.277 e. The van der Waals surface area contributed by atoms with Gasteiger partial charge in [-0.15, -0.1) is 0 Å². The maximum atomic E-state index is 11.2. The molecule has 5 heteroatoms. The van der Waals surface area contributed by atoms with E-state index in [1.807, 2.05) is 30.3 Å². The summed E-state index contributed by atoms with van der Waals surface area (Å²) < 4.78 is 0.686. The maximum absolute atomic E-state index is 11.2. The molecule has 0 aliphatic rings. The van der Waals surface area contributed by atoms with E-state index in [4.69, 9.17) is 0 Å². The molecular formula is C16H22N3O2+. The number of hydrogen-bond acceptors (Lipinski definition) is 3. The van der Waals surface area contributed by atoms with Crippen LogP contribution in [-0.2, 0) is 0 Å². The lowest BCUT2D eigenvalue weighted by atomic mass is 10.1. The number of hydrogen-bond donors (Lipinski definition) is 1. The average Bonchev–Trinajstić information content (AvgIpc) is 2.46. The molecule has 0 heterocycles. The number of non-ortho nitro benzene ring substituents is 1. The third-order valence-corrected chi connectivity index (χ3v) is 3.82. The number of benzene rings is 2. The Labute approximate surface area is 124 Å². The first-order chi connectivity index (χ1) is 9.97. The molecule has 0 aromatic heterocycles. The van der Waals surface area contributed by atoms with E-state index in [-0.39, 0.29) is 10.6 Å². The van der Waals surface area contributed by atoms with E-state index in [1.165, 1.54) is 0 Å². The van der Waals surface area contributed by atoms with Crippen LogP contribution in [0.1, 0.15) is 6.92 Å². The van der Waals surface area contributed by atoms with E-state index >= 15 is 0 Å². The minimum absolute atomic E-state index is 0.168. The van der Waals surface area contributed by atoms with Crippen molar-refractivity contribution in [2.45, 2.75) is 6.92 Å². The van der Waals surface area contributed by atoms with Crippen molar-refractivity contribution in [3.63, 3.8) is 0 Å². The van der Waals surface area contributed by atoms with Gasteiger partial charge in [-0.1, -0.05) is 19.1 Å². The van der Waals surface area contributed by atoms with Gasteiger partial charge in [0.1, 0.15) is 5.69 Å². The summed E-state index contributed by atoms with van der Waals surface area (Å²) in [4.78, 5) is 10.9. The summed E-state index contributed by atoms with van der Waals surface area (Å²) in [6, 6.07) is 11.1. The number of nitro benzene ring substituents is 1. The highest BCUT2D eigenvalue weighted by Crippen LogP contribution is 2.35. The zero-order valence-electron chi connectivity index (χ0n) is 12.8. The summed E-state index contributed by atoms with van der Waals surface area (Å²) in [6.45, 7) is 4.87. The largest absolute Gasteiger partial charge is 0.312 e. The van der Waals surface area contributed by atoms with E-state index in [0.717, 1.165) is 30.7 Å². The van der Waals surface area contributed by atoms with Crippen LogP contribution in [0.3, 0.4) is 0 Å². The summed E-state index contributed by atoms with van der Waals surface area (Å²) in [5.74, 6) is 0. The van der Waals surface area contributed by atoms with Gasteiger partial charge in [0.25, 0.3) is 5.69 Å². The topological polar surface area (TPSA) is 55.2 Å². The molecule has 2 aromatic carbocycles. The molecule has 0 unspecified atom stereocenters. The minimum atomic E-state index is -0.315. The molecule has 0 spiro atoms. The Bertz CT molecular complexity index is 653. The molecule has 0 atom stereocenters. The van der Waals surface area contributed by atoms with Gasteiger partial charge in [0.15, 0.2) is 0 Å². The van der Waals surface area contributed by atoms with E-state index in [0.29, 0.717) is 9.87 Å². The van der Waals surface area contributed by atoms with Crippen LogP contribution in [0.5, 0.6) is 0 Å². The summed E-state index contributed by atoms with van der Waals surface area (Å²) in [6.07, 6.45) is 0. The van der Waals surface area contributed by atoms with Crippen molar-refractivity contribution in [1.82, 2.24) is 9.80 Å². The number of nitro groups is 1. The first kappa shape index (κ1) is 15.4. The fourth-order valence-electron chi connectivity index (χ4n) is 2.61. The molecule has 0 radical (unpaired) electrons. The highest BCUT2D eigenvalue weighted by Gasteiger charge is 2.24. The molecule has 2 rings (SSSR count). The zero-order chi connectivity index (χ0) is 15.5. The van der Waals surface area contributed by atoms with Gasteiger partial charge in [-0.05, 0) is 18.7 Å². The molecular weight excluding hydrogens is 266 g/mol. The molecule has 0 saturated carbocycles. The van der Waals surface area contributed by atoms with Crippen LogP contribution in [0, 0.1) is 10.1 Å². The number of nitrogens with one attached hydrogen (secondary N) is 1. The van der Waals surface area contributed by atoms with Gasteiger partial charge in [-0.3, -0.25) is 14.6 Å². The third-order valence-electron chi connectivity index (χ3n) is 3.82. The smallest absolute Gasteiger partial charge is 0.277 e. The lowest BCUT2D eigenvalue weighted by molar-refractivity contribution is -0.383. The molecule has 0 bridgehead atoms. The first-order valence-electron chi connectivity index (χ1n) is 7.18. The van der Waals surface area contributed by atoms with Crippen LogP contribution >= 0.6 is 0 Å². The Hall–Kier alpha value is -1.98. The van der Waals surface area contributed by atoms with Crippen molar-refractivity contribution in [1.29, 1.82) is 0 Å². The van der Waals surface area contributed by atoms with E-state index in [2.05, 4.69) is 26.3 Å². The SMILES string of the molecule is CCNCC[N+](C)(C)c1ccc([N+](=O)[O-])c2ccccc12. The van der Waals surface area contributed by atoms with Crippen molar-refractivity contribution in [3.8, 4) is 0 Å². The van der Waals surface area contributed by atoms with Gasteiger partial charge in [0.2, 0.25) is 0 Å². The van der Waals surface area contributed by atoms with Crippen molar-refractivity contribution in [2.75, 3.05) is 33.7 Å². The Morgan fingerprint density at radius 3 is 2.43 bits per heavy atom. The Morgan fingerprint density at radius 2 is 1.81 bits per heavy atom. The third kappa shape index (κ3) is 3.20. The molecule has 0 aliphatic heterocycles. The summed E-state index contributed by atoms with van der Waals surface area (Å²) in [5, 5.41) is 16.2. The second kappa shape index (κ2) is 6.20. The van der Waals surface area contributed by atoms with Gasteiger partial charge in [0, 0.05) is 24.1 Å². The Morgan fingerprint density at radius 1 is 1.14 bits per heavy atom. The molecule has 112 valence electrons. The normalized spacial score (nSPS) is 11.8. The van der Waals surface area contributed by atoms with Crippen LogP contribution in [0.4, 0.5) is 11.4 Å². The minimum Gasteiger partial charge on any atom is -0.312 e. The van der Waals surface area contributed by atoms with Gasteiger partial charge in [-0.2, -0.15) is 0 Å². The van der Waals surface area contributed by atoms with E-state index < -0.39 is 0 Å². The highest BCUT2D eigenvalue weighted by molar-refractivity contribution is 5.99. The summed E-state index contributed by atoms with van der Waals surface area (Å²) in [7, 11) is 4.26. The summed E-state index contributed by atoms with van der Waals surface area (Å²) in [5.41, 5.74) is 1.27. The molecule has 21 heavy (non-hydrogen) atoms. The molecule has 5 nitrogen and oxygen atoms in total. The van der Waals surface area contributed by atoms with Crippen molar-refractivity contribution < 1.29 is 4.92 Å². The van der Waals surface area contributed by atoms with Crippen molar-refractivity contribution in [3.05, 3.63) is 46.5 Å². The van der Waals surface area contributed by atoms with Crippen molar-refractivity contribution >= 4 is 22.1 Å². The van der Waals surface area contributed by atoms with Gasteiger partial charge >= 0.3 is 0 Å². The lowest BCUT2D eigenvalue weighted by Crippen LogP contribution is -2.45. The average molecular weight is 288 g/mol. The molecule has 0 amide bonds. The van der Waals surface area contributed by atoms with E-state index in [9.17, 15) is 10.1 Å². The van der Waals surface area contributed by atoms with Crippen LogP contribution < -0.4 is 9.80 Å². The lowest BCUT2D eigenvalue weighted by Gasteiger charge is -2.30. The second-order valence-corrected chi connectivity index (χ2v) is 5.67. The second-order valence-electron chi connectivity index (χ2n) is 5.67. The molecule has 0 aliphatic carbocycles. The Kier molecular flexibility index (Phi) is 4.55.